The van der Waals surface area contributed by atoms with Gasteiger partial charge in [-0.1, -0.05) is 13.0 Å². The third-order valence-corrected chi connectivity index (χ3v) is 2.51. The Hall–Kier alpha value is -1.32. The average Bonchev–Trinajstić information content (AvgIpc) is 2.74. The van der Waals surface area contributed by atoms with E-state index in [1.165, 1.54) is 0 Å². The Morgan fingerprint density at radius 1 is 1.44 bits per heavy atom. The van der Waals surface area contributed by atoms with Gasteiger partial charge in [0.2, 0.25) is 0 Å². The van der Waals surface area contributed by atoms with Crippen LogP contribution in [0.25, 0.3) is 0 Å². The van der Waals surface area contributed by atoms with E-state index < -0.39 is 0 Å². The van der Waals surface area contributed by atoms with Crippen LogP contribution in [0, 0.1) is 0 Å². The molecule has 84 valence electrons. The van der Waals surface area contributed by atoms with Gasteiger partial charge in [0.25, 0.3) is 0 Å². The van der Waals surface area contributed by atoms with Crippen LogP contribution in [0.5, 0.6) is 0 Å². The molecule has 1 unspecified atom stereocenters. The van der Waals surface area contributed by atoms with Crippen LogP contribution in [0.4, 0.5) is 0 Å². The molecule has 0 fully saturated rings. The second-order valence-electron chi connectivity index (χ2n) is 3.42. The van der Waals surface area contributed by atoms with Gasteiger partial charge in [0.05, 0.1) is 6.04 Å². The van der Waals surface area contributed by atoms with Crippen molar-refractivity contribution in [3.8, 4) is 0 Å². The third kappa shape index (κ3) is 2.43. The number of aromatic nitrogens is 1. The maximum atomic E-state index is 5.78. The minimum atomic E-state index is 0.00574. The van der Waals surface area contributed by atoms with Gasteiger partial charge in [0.15, 0.2) is 5.22 Å². The lowest BCUT2D eigenvalue weighted by Gasteiger charge is -2.15. The van der Waals surface area contributed by atoms with E-state index in [0.717, 1.165) is 17.9 Å². The molecule has 0 aliphatic rings. The van der Waals surface area contributed by atoms with Crippen molar-refractivity contribution >= 4 is 11.6 Å². The lowest BCUT2D eigenvalue weighted by atomic mass is 10.1. The number of nitrogens with one attached hydrogen (secondary N) is 1. The Bertz CT molecular complexity index is 441. The lowest BCUT2D eigenvalue weighted by Crippen LogP contribution is -2.21. The van der Waals surface area contributed by atoms with Crippen molar-refractivity contribution in [1.82, 2.24) is 10.3 Å². The lowest BCUT2D eigenvalue weighted by molar-refractivity contribution is 0.453. The van der Waals surface area contributed by atoms with Crippen LogP contribution >= 0.6 is 11.6 Å². The van der Waals surface area contributed by atoms with Gasteiger partial charge in [-0.2, -0.15) is 0 Å². The fourth-order valence-corrected chi connectivity index (χ4v) is 1.77. The van der Waals surface area contributed by atoms with Crippen LogP contribution in [0.1, 0.15) is 24.3 Å². The molecule has 0 saturated carbocycles. The molecule has 0 saturated heterocycles. The molecule has 0 aliphatic carbocycles. The van der Waals surface area contributed by atoms with Gasteiger partial charge >= 0.3 is 0 Å². The molecule has 2 aromatic rings. The number of halogens is 1. The highest BCUT2D eigenvalue weighted by Crippen LogP contribution is 2.25. The summed E-state index contributed by atoms with van der Waals surface area (Å²) in [6, 6.07) is 7.55. The first-order valence-corrected chi connectivity index (χ1v) is 5.57. The highest BCUT2D eigenvalue weighted by molar-refractivity contribution is 6.28. The molecule has 0 spiro atoms. The Kier molecular flexibility index (Phi) is 3.59. The van der Waals surface area contributed by atoms with Crippen molar-refractivity contribution in [1.29, 1.82) is 0 Å². The number of hydrogen-bond acceptors (Lipinski definition) is 3. The summed E-state index contributed by atoms with van der Waals surface area (Å²) in [4.78, 5) is 4.11. The first-order valence-electron chi connectivity index (χ1n) is 5.20. The normalized spacial score (nSPS) is 12.6. The van der Waals surface area contributed by atoms with E-state index in [0.29, 0.717) is 5.22 Å². The number of furan rings is 1. The highest BCUT2D eigenvalue weighted by atomic mass is 35.5. The molecule has 1 N–H and O–H groups in total. The topological polar surface area (TPSA) is 38.1 Å². The molecule has 4 heteroatoms. The van der Waals surface area contributed by atoms with E-state index in [1.807, 2.05) is 31.3 Å². The van der Waals surface area contributed by atoms with E-state index >= 15 is 0 Å². The van der Waals surface area contributed by atoms with Gasteiger partial charge < -0.3 is 9.73 Å². The van der Waals surface area contributed by atoms with Gasteiger partial charge in [0, 0.05) is 12.4 Å². The molecule has 2 aromatic heterocycles. The first-order chi connectivity index (χ1) is 7.81. The molecule has 0 aromatic carbocycles. The molecule has 2 heterocycles. The van der Waals surface area contributed by atoms with Crippen molar-refractivity contribution in [2.24, 2.45) is 0 Å². The number of nitrogens with zero attached hydrogens (tertiary/aromatic N) is 1. The molecule has 0 radical (unpaired) electrons. The molecule has 2 rings (SSSR count). The van der Waals surface area contributed by atoms with Gasteiger partial charge in [0.1, 0.15) is 5.76 Å². The van der Waals surface area contributed by atoms with Gasteiger partial charge in [-0.15, -0.1) is 0 Å². The maximum Gasteiger partial charge on any atom is 0.193 e. The van der Waals surface area contributed by atoms with Crippen LogP contribution in [-0.4, -0.2) is 11.5 Å². The molecule has 0 amide bonds. The molecule has 3 nitrogen and oxygen atoms in total. The zero-order chi connectivity index (χ0) is 11.4. The summed E-state index contributed by atoms with van der Waals surface area (Å²) in [6.45, 7) is 2.89. The number of rotatable bonds is 4. The number of pyridine rings is 1. The predicted octanol–water partition coefficient (Wildman–Crippen LogP) is 3.03. The number of hydrogen-bond donors (Lipinski definition) is 1. The Morgan fingerprint density at radius 2 is 2.31 bits per heavy atom. The summed E-state index contributed by atoms with van der Waals surface area (Å²) < 4.78 is 5.43. The fourth-order valence-electron chi connectivity index (χ4n) is 1.62. The summed E-state index contributed by atoms with van der Waals surface area (Å²) in [7, 11) is 0. The molecule has 0 aliphatic heterocycles. The van der Waals surface area contributed by atoms with Crippen LogP contribution in [0.2, 0.25) is 5.22 Å². The van der Waals surface area contributed by atoms with Crippen molar-refractivity contribution in [3.63, 3.8) is 0 Å². The summed E-state index contributed by atoms with van der Waals surface area (Å²) in [5.41, 5.74) is 1.07. The second kappa shape index (κ2) is 5.14. The van der Waals surface area contributed by atoms with Crippen LogP contribution in [0.3, 0.4) is 0 Å². The summed E-state index contributed by atoms with van der Waals surface area (Å²) in [6.07, 6.45) is 3.57. The van der Waals surface area contributed by atoms with Crippen molar-refractivity contribution in [2.45, 2.75) is 13.0 Å². The SMILES string of the molecule is CCNC(c1cccnc1)c1ccc(Cl)o1. The fraction of sp³-hybridized carbons (Fsp3) is 0.250. The Morgan fingerprint density at radius 3 is 2.88 bits per heavy atom. The van der Waals surface area contributed by atoms with E-state index in [4.69, 9.17) is 16.0 Å². The third-order valence-electron chi connectivity index (χ3n) is 2.30. The second-order valence-corrected chi connectivity index (χ2v) is 3.79. The molecular weight excluding hydrogens is 224 g/mol. The zero-order valence-electron chi connectivity index (χ0n) is 8.98. The summed E-state index contributed by atoms with van der Waals surface area (Å²) in [5.74, 6) is 0.805. The molecule has 0 bridgehead atoms. The minimum Gasteiger partial charge on any atom is -0.448 e. The van der Waals surface area contributed by atoms with Crippen molar-refractivity contribution < 1.29 is 4.42 Å². The summed E-state index contributed by atoms with van der Waals surface area (Å²) >= 11 is 5.78. The largest absolute Gasteiger partial charge is 0.448 e. The highest BCUT2D eigenvalue weighted by Gasteiger charge is 2.16. The molecule has 16 heavy (non-hydrogen) atoms. The minimum absolute atomic E-state index is 0.00574. The smallest absolute Gasteiger partial charge is 0.193 e. The van der Waals surface area contributed by atoms with Gasteiger partial charge in [-0.05, 0) is 41.9 Å². The summed E-state index contributed by atoms with van der Waals surface area (Å²) in [5, 5.41) is 3.74. The quantitative estimate of drug-likeness (QED) is 0.887. The predicted molar refractivity (Wildman–Crippen MR) is 63.5 cm³/mol. The van der Waals surface area contributed by atoms with Crippen LogP contribution in [-0.2, 0) is 0 Å². The monoisotopic (exact) mass is 236 g/mol. The Balaban J connectivity index is 2.31. The van der Waals surface area contributed by atoms with Gasteiger partial charge in [-0.25, -0.2) is 0 Å². The van der Waals surface area contributed by atoms with Crippen LogP contribution in [0.15, 0.2) is 41.1 Å². The van der Waals surface area contributed by atoms with Crippen LogP contribution < -0.4 is 5.32 Å². The van der Waals surface area contributed by atoms with Crippen molar-refractivity contribution in [2.75, 3.05) is 6.54 Å². The van der Waals surface area contributed by atoms with E-state index in [1.54, 1.807) is 12.3 Å². The van der Waals surface area contributed by atoms with E-state index in [2.05, 4.69) is 10.3 Å². The Labute approximate surface area is 99.5 Å². The van der Waals surface area contributed by atoms with E-state index in [-0.39, 0.29) is 6.04 Å². The van der Waals surface area contributed by atoms with E-state index in [9.17, 15) is 0 Å². The standard InChI is InChI=1S/C12H13ClN2O/c1-2-15-12(9-4-3-7-14-8-9)10-5-6-11(13)16-10/h3-8,12,15H,2H2,1H3. The first kappa shape index (κ1) is 11.2. The van der Waals surface area contributed by atoms with Gasteiger partial charge in [-0.3, -0.25) is 4.98 Å². The zero-order valence-corrected chi connectivity index (χ0v) is 9.74. The van der Waals surface area contributed by atoms with Crippen molar-refractivity contribution in [3.05, 3.63) is 53.2 Å². The average molecular weight is 237 g/mol. The molecular formula is C12H13ClN2O. The maximum absolute atomic E-state index is 5.78. The molecule has 1 atom stereocenters.